The van der Waals surface area contributed by atoms with E-state index in [1.165, 1.54) is 0 Å². The first-order valence-corrected chi connectivity index (χ1v) is 10.8. The average molecular weight is 402 g/mol. The molecule has 1 aliphatic rings. The van der Waals surface area contributed by atoms with Crippen LogP contribution in [0.4, 0.5) is 0 Å². The molecule has 1 aromatic rings. The minimum atomic E-state index is -0.796. The highest BCUT2D eigenvalue weighted by Crippen LogP contribution is 2.39. The summed E-state index contributed by atoms with van der Waals surface area (Å²) in [6, 6.07) is 2.04. The SMILES string of the molecule is CCCC(=O)c1c(C)cc(C)c(C2CC(=O)C(/C(CC)=N/OCC)C(O)C2)c1C. The lowest BCUT2D eigenvalue weighted by atomic mass is 9.71. The van der Waals surface area contributed by atoms with Crippen LogP contribution in [0.2, 0.25) is 0 Å². The zero-order chi connectivity index (χ0) is 21.7. The summed E-state index contributed by atoms with van der Waals surface area (Å²) in [6.07, 6.45) is 1.92. The molecule has 1 aliphatic carbocycles. The molecule has 3 unspecified atom stereocenters. The van der Waals surface area contributed by atoms with Gasteiger partial charge in [0.1, 0.15) is 12.4 Å². The van der Waals surface area contributed by atoms with Gasteiger partial charge in [-0.2, -0.15) is 0 Å². The Morgan fingerprint density at radius 2 is 1.90 bits per heavy atom. The Balaban J connectivity index is 2.39. The van der Waals surface area contributed by atoms with Crippen molar-refractivity contribution < 1.29 is 19.5 Å². The summed E-state index contributed by atoms with van der Waals surface area (Å²) in [6.45, 7) is 12.2. The van der Waals surface area contributed by atoms with E-state index in [1.54, 1.807) is 0 Å². The molecule has 0 spiro atoms. The molecule has 0 radical (unpaired) electrons. The first-order chi connectivity index (χ1) is 13.8. The van der Waals surface area contributed by atoms with Crippen molar-refractivity contribution in [2.24, 2.45) is 11.1 Å². The highest BCUT2D eigenvalue weighted by atomic mass is 16.6. The number of hydrogen-bond acceptors (Lipinski definition) is 5. The number of Topliss-reactive ketones (excluding diaryl/α,β-unsaturated/α-hetero) is 2. The van der Waals surface area contributed by atoms with E-state index < -0.39 is 12.0 Å². The van der Waals surface area contributed by atoms with Crippen LogP contribution in [0, 0.1) is 26.7 Å². The summed E-state index contributed by atoms with van der Waals surface area (Å²) in [5.41, 5.74) is 5.46. The topological polar surface area (TPSA) is 76.0 Å². The van der Waals surface area contributed by atoms with Crippen molar-refractivity contribution in [3.63, 3.8) is 0 Å². The standard InChI is InChI=1S/C24H35NO4/c1-7-10-19(26)23-15(5)11-14(4)22(16(23)6)17-12-20(27)24(21(28)13-17)18(8-2)25-29-9-3/h11,17,20,24,27H,7-10,12-13H2,1-6H3/b25-18+. The van der Waals surface area contributed by atoms with Gasteiger partial charge in [0.15, 0.2) is 5.78 Å². The Labute approximate surface area is 174 Å². The van der Waals surface area contributed by atoms with Gasteiger partial charge in [-0.05, 0) is 75.1 Å². The monoisotopic (exact) mass is 401 g/mol. The first kappa shape index (κ1) is 23.3. The molecule has 5 heteroatoms. The van der Waals surface area contributed by atoms with Crippen LogP contribution in [-0.4, -0.2) is 35.1 Å². The Bertz CT molecular complexity index is 797. The molecule has 1 fully saturated rings. The number of ketones is 2. The number of hydrogen-bond donors (Lipinski definition) is 1. The molecule has 1 saturated carbocycles. The van der Waals surface area contributed by atoms with Gasteiger partial charge in [-0.1, -0.05) is 25.1 Å². The largest absolute Gasteiger partial charge is 0.396 e. The Hall–Kier alpha value is -2.01. The van der Waals surface area contributed by atoms with Gasteiger partial charge in [0.25, 0.3) is 0 Å². The zero-order valence-electron chi connectivity index (χ0n) is 18.7. The summed E-state index contributed by atoms with van der Waals surface area (Å²) in [4.78, 5) is 30.8. The highest BCUT2D eigenvalue weighted by Gasteiger charge is 2.40. The van der Waals surface area contributed by atoms with Crippen LogP contribution in [0.25, 0.3) is 0 Å². The third kappa shape index (κ3) is 4.95. The van der Waals surface area contributed by atoms with Crippen molar-refractivity contribution in [2.75, 3.05) is 6.61 Å². The number of rotatable bonds is 8. The number of aryl methyl sites for hydroxylation is 2. The van der Waals surface area contributed by atoms with Crippen molar-refractivity contribution in [3.05, 3.63) is 33.9 Å². The molecular weight excluding hydrogens is 366 g/mol. The molecule has 0 aliphatic heterocycles. The fraction of sp³-hybridized carbons (Fsp3) is 0.625. The molecule has 0 amide bonds. The number of nitrogens with zero attached hydrogens (tertiary/aromatic N) is 1. The van der Waals surface area contributed by atoms with E-state index in [-0.39, 0.29) is 17.5 Å². The summed E-state index contributed by atoms with van der Waals surface area (Å²) < 4.78 is 0. The lowest BCUT2D eigenvalue weighted by Gasteiger charge is -2.34. The van der Waals surface area contributed by atoms with Crippen LogP contribution in [0.15, 0.2) is 11.2 Å². The lowest BCUT2D eigenvalue weighted by molar-refractivity contribution is -0.126. The van der Waals surface area contributed by atoms with Crippen LogP contribution >= 0.6 is 0 Å². The van der Waals surface area contributed by atoms with Crippen molar-refractivity contribution in [3.8, 4) is 0 Å². The van der Waals surface area contributed by atoms with Crippen molar-refractivity contribution >= 4 is 17.3 Å². The third-order valence-electron chi connectivity index (χ3n) is 5.93. The molecule has 0 heterocycles. The summed E-state index contributed by atoms with van der Waals surface area (Å²) in [7, 11) is 0. The molecule has 160 valence electrons. The molecule has 1 N–H and O–H groups in total. The minimum absolute atomic E-state index is 0.00476. The quantitative estimate of drug-likeness (QED) is 0.385. The van der Waals surface area contributed by atoms with E-state index in [2.05, 4.69) is 5.16 Å². The van der Waals surface area contributed by atoms with Gasteiger partial charge >= 0.3 is 0 Å². The summed E-state index contributed by atoms with van der Waals surface area (Å²) in [5, 5.41) is 14.9. The van der Waals surface area contributed by atoms with Gasteiger partial charge in [0.2, 0.25) is 0 Å². The number of aliphatic hydroxyl groups excluding tert-OH is 1. The molecule has 0 bridgehead atoms. The second-order valence-electron chi connectivity index (χ2n) is 8.10. The third-order valence-corrected chi connectivity index (χ3v) is 5.93. The van der Waals surface area contributed by atoms with Gasteiger partial charge in [0, 0.05) is 18.4 Å². The van der Waals surface area contributed by atoms with Gasteiger partial charge in [-0.25, -0.2) is 0 Å². The van der Waals surface area contributed by atoms with E-state index in [4.69, 9.17) is 4.84 Å². The van der Waals surface area contributed by atoms with Crippen LogP contribution in [0.1, 0.15) is 91.4 Å². The van der Waals surface area contributed by atoms with Crippen LogP contribution in [0.5, 0.6) is 0 Å². The predicted molar refractivity (Wildman–Crippen MR) is 116 cm³/mol. The fourth-order valence-corrected chi connectivity index (χ4v) is 4.82. The lowest BCUT2D eigenvalue weighted by Crippen LogP contribution is -2.41. The highest BCUT2D eigenvalue weighted by molar-refractivity contribution is 6.06. The molecule has 5 nitrogen and oxygen atoms in total. The van der Waals surface area contributed by atoms with E-state index >= 15 is 0 Å². The van der Waals surface area contributed by atoms with Crippen LogP contribution in [0.3, 0.4) is 0 Å². The Morgan fingerprint density at radius 3 is 2.45 bits per heavy atom. The van der Waals surface area contributed by atoms with Crippen molar-refractivity contribution in [2.45, 2.75) is 85.7 Å². The van der Waals surface area contributed by atoms with E-state index in [9.17, 15) is 14.7 Å². The maximum absolute atomic E-state index is 13.0. The van der Waals surface area contributed by atoms with E-state index in [1.807, 2.05) is 47.6 Å². The molecular formula is C24H35NO4. The predicted octanol–water partition coefficient (Wildman–Crippen LogP) is 4.82. The number of oxime groups is 1. The summed E-state index contributed by atoms with van der Waals surface area (Å²) >= 11 is 0. The maximum atomic E-state index is 13.0. The molecule has 29 heavy (non-hydrogen) atoms. The van der Waals surface area contributed by atoms with E-state index in [0.717, 1.165) is 34.2 Å². The number of carbonyl (C=O) groups excluding carboxylic acids is 2. The van der Waals surface area contributed by atoms with Gasteiger partial charge < -0.3 is 9.94 Å². The van der Waals surface area contributed by atoms with Crippen molar-refractivity contribution in [1.82, 2.24) is 0 Å². The van der Waals surface area contributed by atoms with Crippen LogP contribution < -0.4 is 0 Å². The minimum Gasteiger partial charge on any atom is -0.396 e. The molecule has 1 aromatic carbocycles. The second kappa shape index (κ2) is 10.1. The van der Waals surface area contributed by atoms with Gasteiger partial charge in [-0.3, -0.25) is 9.59 Å². The second-order valence-corrected chi connectivity index (χ2v) is 8.10. The Kier molecular flexibility index (Phi) is 8.14. The van der Waals surface area contributed by atoms with E-state index in [0.29, 0.717) is 38.0 Å². The van der Waals surface area contributed by atoms with Crippen molar-refractivity contribution in [1.29, 1.82) is 0 Å². The normalized spacial score (nSPS) is 22.7. The Morgan fingerprint density at radius 1 is 1.21 bits per heavy atom. The van der Waals surface area contributed by atoms with Gasteiger partial charge in [-0.15, -0.1) is 0 Å². The number of benzene rings is 1. The van der Waals surface area contributed by atoms with Gasteiger partial charge in [0.05, 0.1) is 17.7 Å². The van der Waals surface area contributed by atoms with Crippen LogP contribution in [-0.2, 0) is 9.63 Å². The smallest absolute Gasteiger partial charge is 0.163 e. The molecule has 0 aromatic heterocycles. The summed E-state index contributed by atoms with van der Waals surface area (Å²) in [5.74, 6) is -0.543. The molecule has 3 atom stereocenters. The maximum Gasteiger partial charge on any atom is 0.163 e. The average Bonchev–Trinajstić information content (AvgIpc) is 2.63. The zero-order valence-corrected chi connectivity index (χ0v) is 18.7. The number of aliphatic hydroxyl groups is 1. The molecule has 0 saturated heterocycles. The fourth-order valence-electron chi connectivity index (χ4n) is 4.82. The first-order valence-electron chi connectivity index (χ1n) is 10.8. The number of carbonyl (C=O) groups is 2. The molecule has 2 rings (SSSR count).